The number of halogens is 1. The van der Waals surface area contributed by atoms with Crippen LogP contribution in [0, 0.1) is 0 Å². The molecular weight excluding hydrogens is 250 g/mol. The minimum absolute atomic E-state index is 0.384. The molecule has 2 aromatic rings. The quantitative estimate of drug-likeness (QED) is 0.893. The molecule has 0 aliphatic heterocycles. The summed E-state index contributed by atoms with van der Waals surface area (Å²) < 4.78 is 5.31. The first-order valence-electron chi connectivity index (χ1n) is 5.71. The van der Waals surface area contributed by atoms with Crippen LogP contribution in [0.25, 0.3) is 11.3 Å². The molecule has 1 heterocycles. The molecule has 4 nitrogen and oxygen atoms in total. The zero-order valence-electron chi connectivity index (χ0n) is 10.6. The highest BCUT2D eigenvalue weighted by Crippen LogP contribution is 2.37. The van der Waals surface area contributed by atoms with Crippen LogP contribution in [0.5, 0.6) is 5.75 Å². The molecule has 96 valence electrons. The molecule has 0 bridgehead atoms. The Bertz CT molecular complexity index is 563. The van der Waals surface area contributed by atoms with E-state index in [9.17, 15) is 0 Å². The number of H-pyrrole nitrogens is 1. The van der Waals surface area contributed by atoms with Gasteiger partial charge in [-0.2, -0.15) is 5.10 Å². The van der Waals surface area contributed by atoms with E-state index in [1.165, 1.54) is 0 Å². The second-order valence-electron chi connectivity index (χ2n) is 4.45. The molecule has 0 radical (unpaired) electrons. The van der Waals surface area contributed by atoms with Crippen molar-refractivity contribution >= 4 is 17.4 Å². The van der Waals surface area contributed by atoms with Gasteiger partial charge in [-0.3, -0.25) is 5.10 Å². The number of benzene rings is 1. The number of nitrogens with two attached hydrogens (primary N) is 1. The lowest BCUT2D eigenvalue weighted by molar-refractivity contribution is 0.414. The molecule has 5 heteroatoms. The molecule has 0 unspecified atom stereocenters. The highest BCUT2D eigenvalue weighted by Gasteiger charge is 2.14. The third-order valence-corrected chi connectivity index (χ3v) is 3.23. The molecule has 0 fully saturated rings. The third-order valence-electron chi connectivity index (χ3n) is 2.84. The fraction of sp³-hybridized carbons (Fsp3) is 0.308. The van der Waals surface area contributed by atoms with Crippen LogP contribution in [0.2, 0.25) is 5.02 Å². The number of nitrogen functional groups attached to an aromatic ring is 1. The van der Waals surface area contributed by atoms with E-state index in [2.05, 4.69) is 24.0 Å². The Kier molecular flexibility index (Phi) is 3.48. The van der Waals surface area contributed by atoms with Crippen molar-refractivity contribution in [3.63, 3.8) is 0 Å². The Labute approximate surface area is 111 Å². The first kappa shape index (κ1) is 12.8. The summed E-state index contributed by atoms with van der Waals surface area (Å²) in [5.41, 5.74) is 8.41. The van der Waals surface area contributed by atoms with Crippen LogP contribution in [-0.2, 0) is 0 Å². The van der Waals surface area contributed by atoms with Crippen molar-refractivity contribution in [3.05, 3.63) is 28.8 Å². The van der Waals surface area contributed by atoms with Crippen LogP contribution in [0.15, 0.2) is 18.2 Å². The van der Waals surface area contributed by atoms with Crippen LogP contribution in [0.1, 0.15) is 25.3 Å². The normalized spacial score (nSPS) is 10.9. The number of hydrogen-bond donors (Lipinski definition) is 2. The fourth-order valence-corrected chi connectivity index (χ4v) is 2.06. The smallest absolute Gasteiger partial charge is 0.145 e. The predicted octanol–water partition coefficient (Wildman–Crippen LogP) is 3.44. The molecule has 1 aromatic heterocycles. The summed E-state index contributed by atoms with van der Waals surface area (Å²) in [6.07, 6.45) is 0. The predicted molar refractivity (Wildman–Crippen MR) is 74.1 cm³/mol. The first-order valence-corrected chi connectivity index (χ1v) is 6.09. The Morgan fingerprint density at radius 3 is 2.56 bits per heavy atom. The van der Waals surface area contributed by atoms with Crippen LogP contribution in [0.4, 0.5) is 5.82 Å². The van der Waals surface area contributed by atoms with Gasteiger partial charge in [0.05, 0.1) is 17.8 Å². The number of rotatable bonds is 3. The monoisotopic (exact) mass is 265 g/mol. The first-order chi connectivity index (χ1) is 8.52. The molecule has 18 heavy (non-hydrogen) atoms. The zero-order chi connectivity index (χ0) is 13.3. The molecule has 2 rings (SSSR count). The molecule has 0 aliphatic carbocycles. The van der Waals surface area contributed by atoms with Crippen molar-refractivity contribution < 1.29 is 4.74 Å². The zero-order valence-corrected chi connectivity index (χ0v) is 11.4. The highest BCUT2D eigenvalue weighted by molar-refractivity contribution is 6.34. The summed E-state index contributed by atoms with van der Waals surface area (Å²) in [6.45, 7) is 4.24. The molecule has 0 amide bonds. The van der Waals surface area contributed by atoms with E-state index in [1.807, 2.05) is 12.1 Å². The van der Waals surface area contributed by atoms with Gasteiger partial charge in [-0.1, -0.05) is 25.4 Å². The Balaban J connectivity index is 2.61. The minimum atomic E-state index is 0.384. The molecule has 1 aromatic carbocycles. The van der Waals surface area contributed by atoms with Gasteiger partial charge in [0.15, 0.2) is 0 Å². The second kappa shape index (κ2) is 4.90. The van der Waals surface area contributed by atoms with Gasteiger partial charge in [0, 0.05) is 11.6 Å². The van der Waals surface area contributed by atoms with E-state index >= 15 is 0 Å². The lowest BCUT2D eigenvalue weighted by atomic mass is 9.99. The fourth-order valence-electron chi connectivity index (χ4n) is 1.77. The number of nitrogens with one attached hydrogen (secondary N) is 1. The Hall–Kier alpha value is -1.68. The van der Waals surface area contributed by atoms with Gasteiger partial charge in [0.2, 0.25) is 0 Å². The summed E-state index contributed by atoms with van der Waals surface area (Å²) in [7, 11) is 1.61. The van der Waals surface area contributed by atoms with Crippen molar-refractivity contribution in [1.29, 1.82) is 0 Å². The van der Waals surface area contributed by atoms with E-state index in [0.29, 0.717) is 22.5 Å². The number of aromatic nitrogens is 2. The van der Waals surface area contributed by atoms with Crippen molar-refractivity contribution in [2.75, 3.05) is 12.8 Å². The summed E-state index contributed by atoms with van der Waals surface area (Å²) in [5, 5.41) is 7.34. The molecule has 3 N–H and O–H groups in total. The van der Waals surface area contributed by atoms with Crippen LogP contribution in [-0.4, -0.2) is 17.3 Å². The second-order valence-corrected chi connectivity index (χ2v) is 4.82. The van der Waals surface area contributed by atoms with E-state index in [0.717, 1.165) is 16.8 Å². The van der Waals surface area contributed by atoms with Crippen LogP contribution >= 0.6 is 11.6 Å². The highest BCUT2D eigenvalue weighted by atomic mass is 35.5. The van der Waals surface area contributed by atoms with Gasteiger partial charge < -0.3 is 10.5 Å². The number of ether oxygens (including phenoxy) is 1. The van der Waals surface area contributed by atoms with Crippen molar-refractivity contribution in [2.24, 2.45) is 0 Å². The summed E-state index contributed by atoms with van der Waals surface area (Å²) in [6, 6.07) is 5.74. The van der Waals surface area contributed by atoms with Crippen molar-refractivity contribution in [2.45, 2.75) is 19.8 Å². The number of aromatic amines is 1. The van der Waals surface area contributed by atoms with E-state index in [4.69, 9.17) is 22.1 Å². The maximum atomic E-state index is 6.32. The van der Waals surface area contributed by atoms with Gasteiger partial charge in [0.1, 0.15) is 11.6 Å². The lowest BCUT2D eigenvalue weighted by Gasteiger charge is -2.13. The van der Waals surface area contributed by atoms with E-state index < -0.39 is 0 Å². The number of methoxy groups -OCH3 is 1. The minimum Gasteiger partial charge on any atom is -0.495 e. The SMILES string of the molecule is COc1cc(C(C)C)cc(-c2cc(N)n[nH]2)c1Cl. The maximum Gasteiger partial charge on any atom is 0.145 e. The molecule has 0 saturated heterocycles. The van der Waals surface area contributed by atoms with Gasteiger partial charge in [-0.15, -0.1) is 0 Å². The largest absolute Gasteiger partial charge is 0.495 e. The van der Waals surface area contributed by atoms with Gasteiger partial charge >= 0.3 is 0 Å². The molecule has 0 spiro atoms. The lowest BCUT2D eigenvalue weighted by Crippen LogP contribution is -1.94. The van der Waals surface area contributed by atoms with Crippen molar-refractivity contribution in [3.8, 4) is 17.0 Å². The van der Waals surface area contributed by atoms with E-state index in [1.54, 1.807) is 13.2 Å². The van der Waals surface area contributed by atoms with Gasteiger partial charge in [0.25, 0.3) is 0 Å². The summed E-state index contributed by atoms with van der Waals surface area (Å²) in [5.74, 6) is 1.48. The summed E-state index contributed by atoms with van der Waals surface area (Å²) in [4.78, 5) is 0. The summed E-state index contributed by atoms with van der Waals surface area (Å²) >= 11 is 6.32. The number of hydrogen-bond acceptors (Lipinski definition) is 3. The van der Waals surface area contributed by atoms with Gasteiger partial charge in [-0.05, 0) is 23.6 Å². The third kappa shape index (κ3) is 2.29. The van der Waals surface area contributed by atoms with E-state index in [-0.39, 0.29) is 0 Å². The van der Waals surface area contributed by atoms with Gasteiger partial charge in [-0.25, -0.2) is 0 Å². The standard InChI is InChI=1S/C13H16ClN3O/c1-7(2)8-4-9(10-6-12(15)17-16-10)13(14)11(5-8)18-3/h4-7H,1-3H3,(H3,15,16,17). The Morgan fingerprint density at radius 2 is 2.06 bits per heavy atom. The average Bonchev–Trinajstić information content (AvgIpc) is 2.75. The molecule has 0 saturated carbocycles. The molecule has 0 atom stereocenters. The molecular formula is C13H16ClN3O. The average molecular weight is 266 g/mol. The van der Waals surface area contributed by atoms with Crippen molar-refractivity contribution in [1.82, 2.24) is 10.2 Å². The number of anilines is 1. The number of nitrogens with zero attached hydrogens (tertiary/aromatic N) is 1. The maximum absolute atomic E-state index is 6.32. The molecule has 0 aliphatic rings. The van der Waals surface area contributed by atoms with Crippen LogP contribution < -0.4 is 10.5 Å². The topological polar surface area (TPSA) is 63.9 Å². The van der Waals surface area contributed by atoms with Crippen LogP contribution in [0.3, 0.4) is 0 Å². The Morgan fingerprint density at radius 1 is 1.33 bits per heavy atom.